The van der Waals surface area contributed by atoms with Gasteiger partial charge in [-0.2, -0.15) is 0 Å². The van der Waals surface area contributed by atoms with Crippen molar-refractivity contribution in [3.8, 4) is 5.75 Å². The standard InChI is InChI=1S/C28H48O4/c1-3-4-5-6-7-8-9-10-11-12-13-14-15-16-17-18-23-31-28(30)32-27-21-19-26(20-22-27)25(2)24-29/h19-22,25,29H,3-18,23-24H2,1-2H3. The molecule has 1 aromatic rings. The molecule has 1 N–H and O–H groups in total. The minimum absolute atomic E-state index is 0.0749. The molecule has 184 valence electrons. The van der Waals surface area contributed by atoms with E-state index in [0.29, 0.717) is 12.4 Å². The molecule has 0 aliphatic rings. The molecule has 0 aliphatic heterocycles. The molecule has 1 unspecified atom stereocenters. The van der Waals surface area contributed by atoms with E-state index in [1.165, 1.54) is 89.9 Å². The number of carbonyl (C=O) groups excluding carboxylic acids is 1. The average molecular weight is 449 g/mol. The molecule has 0 bridgehead atoms. The summed E-state index contributed by atoms with van der Waals surface area (Å²) in [6.45, 7) is 4.73. The van der Waals surface area contributed by atoms with E-state index in [-0.39, 0.29) is 12.5 Å². The smallest absolute Gasteiger partial charge is 0.434 e. The maximum absolute atomic E-state index is 11.8. The Morgan fingerprint density at radius 3 is 1.62 bits per heavy atom. The lowest BCUT2D eigenvalue weighted by molar-refractivity contribution is 0.0972. The van der Waals surface area contributed by atoms with E-state index < -0.39 is 6.16 Å². The first-order chi connectivity index (χ1) is 15.7. The quantitative estimate of drug-likeness (QED) is 0.123. The van der Waals surface area contributed by atoms with Gasteiger partial charge in [0.1, 0.15) is 5.75 Å². The maximum atomic E-state index is 11.8. The second-order valence-corrected chi connectivity index (χ2v) is 9.16. The summed E-state index contributed by atoms with van der Waals surface area (Å²) in [4.78, 5) is 11.8. The third kappa shape index (κ3) is 15.3. The first kappa shape index (κ1) is 28.5. The highest BCUT2D eigenvalue weighted by Crippen LogP contribution is 2.19. The topological polar surface area (TPSA) is 55.8 Å². The summed E-state index contributed by atoms with van der Waals surface area (Å²) in [6, 6.07) is 7.19. The lowest BCUT2D eigenvalue weighted by atomic mass is 10.0. The SMILES string of the molecule is CCCCCCCCCCCCCCCCCCOC(=O)Oc1ccc(C(C)CO)cc1. The predicted octanol–water partition coefficient (Wildman–Crippen LogP) is 8.56. The van der Waals surface area contributed by atoms with Crippen molar-refractivity contribution in [1.82, 2.24) is 0 Å². The van der Waals surface area contributed by atoms with Gasteiger partial charge in [0.2, 0.25) is 0 Å². The summed E-state index contributed by atoms with van der Waals surface area (Å²) in [5, 5.41) is 9.17. The fourth-order valence-electron chi connectivity index (χ4n) is 3.90. The first-order valence-electron chi connectivity index (χ1n) is 13.2. The molecule has 0 saturated heterocycles. The molecular formula is C28H48O4. The summed E-state index contributed by atoms with van der Waals surface area (Å²) in [6.07, 6.45) is 20.6. The predicted molar refractivity (Wildman–Crippen MR) is 133 cm³/mol. The number of aliphatic hydroxyl groups is 1. The van der Waals surface area contributed by atoms with Crippen molar-refractivity contribution in [2.75, 3.05) is 13.2 Å². The second-order valence-electron chi connectivity index (χ2n) is 9.16. The minimum Gasteiger partial charge on any atom is -0.434 e. The molecule has 4 heteroatoms. The van der Waals surface area contributed by atoms with Gasteiger partial charge < -0.3 is 14.6 Å². The number of rotatable bonds is 20. The number of benzene rings is 1. The van der Waals surface area contributed by atoms with E-state index in [2.05, 4.69) is 6.92 Å². The monoisotopic (exact) mass is 448 g/mol. The van der Waals surface area contributed by atoms with E-state index in [9.17, 15) is 9.90 Å². The van der Waals surface area contributed by atoms with Crippen molar-refractivity contribution in [3.63, 3.8) is 0 Å². The van der Waals surface area contributed by atoms with Crippen LogP contribution in [0.4, 0.5) is 4.79 Å². The molecule has 1 rings (SSSR count). The molecule has 32 heavy (non-hydrogen) atoms. The van der Waals surface area contributed by atoms with Gasteiger partial charge in [-0.3, -0.25) is 0 Å². The number of unbranched alkanes of at least 4 members (excludes halogenated alkanes) is 15. The summed E-state index contributed by atoms with van der Waals surface area (Å²) in [5.74, 6) is 0.543. The van der Waals surface area contributed by atoms with E-state index in [1.807, 2.05) is 19.1 Å². The van der Waals surface area contributed by atoms with E-state index in [1.54, 1.807) is 12.1 Å². The van der Waals surface area contributed by atoms with Gasteiger partial charge in [0, 0.05) is 12.5 Å². The number of aliphatic hydroxyl groups excluding tert-OH is 1. The summed E-state index contributed by atoms with van der Waals surface area (Å²) in [7, 11) is 0. The number of hydrogen-bond donors (Lipinski definition) is 1. The summed E-state index contributed by atoms with van der Waals surface area (Å²) in [5.41, 5.74) is 1.02. The lowest BCUT2D eigenvalue weighted by Gasteiger charge is -2.09. The van der Waals surface area contributed by atoms with Crippen LogP contribution in [0, 0.1) is 0 Å². The van der Waals surface area contributed by atoms with Crippen LogP contribution in [0.25, 0.3) is 0 Å². The summed E-state index contributed by atoms with van der Waals surface area (Å²) < 4.78 is 10.4. The Morgan fingerprint density at radius 1 is 0.750 bits per heavy atom. The Morgan fingerprint density at radius 2 is 1.19 bits per heavy atom. The van der Waals surface area contributed by atoms with Crippen molar-refractivity contribution >= 4 is 6.16 Å². The zero-order chi connectivity index (χ0) is 23.3. The van der Waals surface area contributed by atoms with Crippen molar-refractivity contribution < 1.29 is 19.4 Å². The van der Waals surface area contributed by atoms with Crippen LogP contribution in [0.3, 0.4) is 0 Å². The Kier molecular flexibility index (Phi) is 17.9. The third-order valence-corrected chi connectivity index (χ3v) is 6.14. The molecule has 1 aromatic carbocycles. The largest absolute Gasteiger partial charge is 0.513 e. The van der Waals surface area contributed by atoms with E-state index >= 15 is 0 Å². The fraction of sp³-hybridized carbons (Fsp3) is 0.750. The molecule has 4 nitrogen and oxygen atoms in total. The average Bonchev–Trinajstić information content (AvgIpc) is 2.81. The Bertz CT molecular complexity index is 555. The Labute approximate surface area is 197 Å². The Balaban J connectivity index is 1.86. The van der Waals surface area contributed by atoms with Crippen LogP contribution >= 0.6 is 0 Å². The van der Waals surface area contributed by atoms with Gasteiger partial charge in [-0.25, -0.2) is 4.79 Å². The van der Waals surface area contributed by atoms with Crippen LogP contribution in [0.2, 0.25) is 0 Å². The highest BCUT2D eigenvalue weighted by atomic mass is 16.7. The lowest BCUT2D eigenvalue weighted by Crippen LogP contribution is -2.11. The molecule has 0 radical (unpaired) electrons. The molecule has 1 atom stereocenters. The van der Waals surface area contributed by atoms with Crippen molar-refractivity contribution in [1.29, 1.82) is 0 Å². The second kappa shape index (κ2) is 20.1. The number of ether oxygens (including phenoxy) is 2. The molecule has 0 aromatic heterocycles. The van der Waals surface area contributed by atoms with Gasteiger partial charge in [0.25, 0.3) is 0 Å². The van der Waals surface area contributed by atoms with Gasteiger partial charge in [-0.05, 0) is 24.1 Å². The molecule has 0 amide bonds. The van der Waals surface area contributed by atoms with Gasteiger partial charge in [0.15, 0.2) is 0 Å². The molecule has 0 fully saturated rings. The zero-order valence-corrected chi connectivity index (χ0v) is 20.8. The van der Waals surface area contributed by atoms with Gasteiger partial charge in [0.05, 0.1) is 6.61 Å². The Hall–Kier alpha value is -1.55. The van der Waals surface area contributed by atoms with Crippen LogP contribution in [-0.4, -0.2) is 24.5 Å². The molecule has 0 aliphatic carbocycles. The molecule has 0 spiro atoms. The third-order valence-electron chi connectivity index (χ3n) is 6.14. The van der Waals surface area contributed by atoms with E-state index in [0.717, 1.165) is 18.4 Å². The van der Waals surface area contributed by atoms with Crippen LogP contribution < -0.4 is 4.74 Å². The van der Waals surface area contributed by atoms with Crippen molar-refractivity contribution in [2.45, 2.75) is 122 Å². The number of hydrogen-bond acceptors (Lipinski definition) is 4. The van der Waals surface area contributed by atoms with Crippen LogP contribution in [-0.2, 0) is 4.74 Å². The highest BCUT2D eigenvalue weighted by Gasteiger charge is 2.08. The normalized spacial score (nSPS) is 12.0. The highest BCUT2D eigenvalue weighted by molar-refractivity contribution is 5.63. The zero-order valence-electron chi connectivity index (χ0n) is 20.8. The fourth-order valence-corrected chi connectivity index (χ4v) is 3.90. The number of carbonyl (C=O) groups is 1. The molecule has 0 saturated carbocycles. The maximum Gasteiger partial charge on any atom is 0.513 e. The van der Waals surface area contributed by atoms with E-state index in [4.69, 9.17) is 9.47 Å². The van der Waals surface area contributed by atoms with Crippen molar-refractivity contribution in [3.05, 3.63) is 29.8 Å². The first-order valence-corrected chi connectivity index (χ1v) is 13.2. The van der Waals surface area contributed by atoms with Crippen LogP contribution in [0.5, 0.6) is 5.75 Å². The molecule has 0 heterocycles. The van der Waals surface area contributed by atoms with Crippen LogP contribution in [0.15, 0.2) is 24.3 Å². The minimum atomic E-state index is -0.645. The van der Waals surface area contributed by atoms with Gasteiger partial charge in [-0.15, -0.1) is 0 Å². The van der Waals surface area contributed by atoms with Crippen molar-refractivity contribution in [2.24, 2.45) is 0 Å². The molecular weight excluding hydrogens is 400 g/mol. The summed E-state index contributed by atoms with van der Waals surface area (Å²) >= 11 is 0. The van der Waals surface area contributed by atoms with Gasteiger partial charge in [-0.1, -0.05) is 122 Å². The van der Waals surface area contributed by atoms with Crippen LogP contribution in [0.1, 0.15) is 128 Å². The van der Waals surface area contributed by atoms with Gasteiger partial charge >= 0.3 is 6.16 Å².